The number of benzene rings is 2. The minimum absolute atomic E-state index is 0.963. The van der Waals surface area contributed by atoms with Gasteiger partial charge in [-0.3, -0.25) is 10.5 Å². The Hall–Kier alpha value is -2.62. The fourth-order valence-electron chi connectivity index (χ4n) is 2.50. The van der Waals surface area contributed by atoms with Gasteiger partial charge >= 0.3 is 0 Å². The summed E-state index contributed by atoms with van der Waals surface area (Å²) < 4.78 is 0. The fourth-order valence-corrected chi connectivity index (χ4v) is 2.50. The third kappa shape index (κ3) is 1.40. The molecule has 4 heteroatoms. The number of aromatic nitrogens is 1. The largest absolute Gasteiger partial charge is 0.433 e. The predicted octanol–water partition coefficient (Wildman–Crippen LogP) is 3.00. The summed E-state index contributed by atoms with van der Waals surface area (Å²) in [4.78, 5) is 4.67. The molecule has 1 N–H and O–H groups in total. The van der Waals surface area contributed by atoms with Gasteiger partial charge in [0.25, 0.3) is 0 Å². The molecule has 0 atom stereocenters. The number of hydrogen-bond acceptors (Lipinski definition) is 3. The monoisotopic (exact) mass is 249 g/mol. The van der Waals surface area contributed by atoms with Crippen molar-refractivity contribution in [1.82, 2.24) is 4.98 Å². The lowest BCUT2D eigenvalue weighted by molar-refractivity contribution is 0.906. The van der Waals surface area contributed by atoms with E-state index < -0.39 is 0 Å². The van der Waals surface area contributed by atoms with Crippen LogP contribution in [0.3, 0.4) is 0 Å². The molecule has 0 bridgehead atoms. The highest BCUT2D eigenvalue weighted by Crippen LogP contribution is 2.39. The van der Waals surface area contributed by atoms with Crippen molar-refractivity contribution in [2.24, 2.45) is 0 Å². The lowest BCUT2D eigenvalue weighted by Crippen LogP contribution is -2.39. The van der Waals surface area contributed by atoms with E-state index in [1.54, 1.807) is 0 Å². The molecule has 1 aliphatic heterocycles. The Morgan fingerprint density at radius 1 is 0.947 bits per heavy atom. The van der Waals surface area contributed by atoms with Gasteiger partial charge in [0.05, 0.1) is 11.4 Å². The van der Waals surface area contributed by atoms with Crippen LogP contribution in [0.2, 0.25) is 0 Å². The maximum absolute atomic E-state index is 4.67. The quantitative estimate of drug-likeness (QED) is 0.718. The summed E-state index contributed by atoms with van der Waals surface area (Å²) in [6, 6.07) is 18.4. The summed E-state index contributed by atoms with van der Waals surface area (Å²) in [6.45, 7) is 0. The highest BCUT2D eigenvalue weighted by Gasteiger charge is 2.20. The first-order valence-electron chi connectivity index (χ1n) is 6.25. The van der Waals surface area contributed by atoms with Gasteiger partial charge in [0.15, 0.2) is 0 Å². The Balaban J connectivity index is 1.82. The average molecular weight is 249 g/mol. The molecule has 0 radical (unpaired) electrons. The summed E-state index contributed by atoms with van der Waals surface area (Å²) in [6.07, 6.45) is 0. The van der Waals surface area contributed by atoms with Crippen molar-refractivity contribution < 1.29 is 0 Å². The van der Waals surface area contributed by atoms with E-state index in [1.165, 1.54) is 0 Å². The second-order valence-corrected chi connectivity index (χ2v) is 4.61. The molecule has 4 nitrogen and oxygen atoms in total. The third-order valence-corrected chi connectivity index (χ3v) is 3.45. The van der Waals surface area contributed by atoms with Crippen LogP contribution >= 0.6 is 0 Å². The summed E-state index contributed by atoms with van der Waals surface area (Å²) in [7, 11) is 2.01. The molecule has 0 fully saturated rings. The molecular weight excluding hydrogens is 236 g/mol. The topological polar surface area (TPSA) is 32.6 Å². The zero-order valence-corrected chi connectivity index (χ0v) is 10.5. The number of para-hydroxylation sites is 2. The van der Waals surface area contributed by atoms with Crippen LogP contribution in [0.25, 0.3) is 10.9 Å². The third-order valence-electron chi connectivity index (χ3n) is 3.45. The summed E-state index contributed by atoms with van der Waals surface area (Å²) in [5, 5.41) is 5.19. The Kier molecular flexibility index (Phi) is 2.00. The van der Waals surface area contributed by atoms with Crippen LogP contribution in [-0.4, -0.2) is 7.05 Å². The van der Waals surface area contributed by atoms with E-state index in [1.807, 2.05) is 53.6 Å². The standard InChI is InChI=1S/C15H13N4/c1-18-15-14(12-9-5-6-10-13(12)16-15)17-19(18)11-7-3-2-4-8-11/h2-10,17H,1H3/q-1. The van der Waals surface area contributed by atoms with E-state index in [0.717, 1.165) is 28.1 Å². The molecule has 0 aliphatic carbocycles. The van der Waals surface area contributed by atoms with Gasteiger partial charge in [-0.25, -0.2) is 0 Å². The van der Waals surface area contributed by atoms with Crippen LogP contribution in [0.4, 0.5) is 17.2 Å². The SMILES string of the molecule is CN1c2[n-]c3ccccc3c2NN1c1ccccc1. The number of hydrogen-bond donors (Lipinski definition) is 1. The minimum atomic E-state index is 0.963. The van der Waals surface area contributed by atoms with Crippen LogP contribution in [0.1, 0.15) is 0 Å². The molecule has 0 saturated carbocycles. The molecule has 1 aromatic heterocycles. The van der Waals surface area contributed by atoms with Crippen molar-refractivity contribution in [3.8, 4) is 0 Å². The van der Waals surface area contributed by atoms with Crippen LogP contribution in [-0.2, 0) is 0 Å². The molecule has 2 aromatic carbocycles. The smallest absolute Gasteiger partial charge is 0.0624 e. The fraction of sp³-hybridized carbons (Fsp3) is 0.0667. The van der Waals surface area contributed by atoms with E-state index in [9.17, 15) is 0 Å². The Labute approximate surface area is 111 Å². The molecular formula is C15H13N4-. The molecule has 0 unspecified atom stereocenters. The van der Waals surface area contributed by atoms with E-state index in [0.29, 0.717) is 0 Å². The maximum atomic E-state index is 4.67. The van der Waals surface area contributed by atoms with Gasteiger partial charge in [-0.1, -0.05) is 42.5 Å². The summed E-state index contributed by atoms with van der Waals surface area (Å²) >= 11 is 0. The first-order chi connectivity index (χ1) is 9.34. The van der Waals surface area contributed by atoms with Crippen molar-refractivity contribution in [2.75, 3.05) is 22.6 Å². The lowest BCUT2D eigenvalue weighted by atomic mass is 10.2. The highest BCUT2D eigenvalue weighted by molar-refractivity contribution is 6.02. The van der Waals surface area contributed by atoms with Crippen molar-refractivity contribution in [3.05, 3.63) is 54.6 Å². The van der Waals surface area contributed by atoms with Gasteiger partial charge in [0, 0.05) is 5.39 Å². The molecule has 4 rings (SSSR count). The van der Waals surface area contributed by atoms with Gasteiger partial charge in [-0.2, -0.15) is 0 Å². The van der Waals surface area contributed by atoms with Gasteiger partial charge in [0.2, 0.25) is 0 Å². The summed E-state index contributed by atoms with van der Waals surface area (Å²) in [5.41, 5.74) is 6.61. The Morgan fingerprint density at radius 2 is 1.68 bits per heavy atom. The molecule has 1 aliphatic rings. The first-order valence-corrected chi connectivity index (χ1v) is 6.25. The molecule has 3 aromatic rings. The van der Waals surface area contributed by atoms with Crippen LogP contribution < -0.4 is 20.5 Å². The van der Waals surface area contributed by atoms with Crippen LogP contribution in [0, 0.1) is 0 Å². The molecule has 19 heavy (non-hydrogen) atoms. The molecule has 0 amide bonds. The second-order valence-electron chi connectivity index (χ2n) is 4.61. The zero-order valence-electron chi connectivity index (χ0n) is 10.5. The van der Waals surface area contributed by atoms with Crippen LogP contribution in [0.15, 0.2) is 54.6 Å². The number of rotatable bonds is 1. The Bertz CT molecular complexity index is 732. The Morgan fingerprint density at radius 3 is 2.53 bits per heavy atom. The van der Waals surface area contributed by atoms with Gasteiger partial charge in [-0.05, 0) is 30.5 Å². The second kappa shape index (κ2) is 3.68. The zero-order chi connectivity index (χ0) is 12.8. The first kappa shape index (κ1) is 10.3. The number of anilines is 3. The summed E-state index contributed by atoms with van der Waals surface area (Å²) in [5.74, 6) is 0.963. The van der Waals surface area contributed by atoms with Gasteiger partial charge in [0.1, 0.15) is 0 Å². The number of nitrogens with zero attached hydrogens (tertiary/aromatic N) is 3. The average Bonchev–Trinajstić information content (AvgIpc) is 2.98. The minimum Gasteiger partial charge on any atom is -0.433 e. The molecule has 0 saturated heterocycles. The van der Waals surface area contributed by atoms with Gasteiger partial charge in [-0.15, -0.1) is 0 Å². The molecule has 2 heterocycles. The van der Waals surface area contributed by atoms with Crippen molar-refractivity contribution in [3.63, 3.8) is 0 Å². The lowest BCUT2D eigenvalue weighted by Gasteiger charge is -2.34. The molecule has 0 spiro atoms. The van der Waals surface area contributed by atoms with Crippen molar-refractivity contribution in [1.29, 1.82) is 0 Å². The maximum Gasteiger partial charge on any atom is 0.0624 e. The number of fused-ring (bicyclic) bond motifs is 3. The van der Waals surface area contributed by atoms with E-state index in [2.05, 4.69) is 28.6 Å². The normalized spacial score (nSPS) is 13.7. The predicted molar refractivity (Wildman–Crippen MR) is 78.2 cm³/mol. The van der Waals surface area contributed by atoms with Gasteiger partial charge < -0.3 is 9.99 Å². The number of nitrogens with one attached hydrogen (secondary N) is 1. The van der Waals surface area contributed by atoms with E-state index in [-0.39, 0.29) is 0 Å². The van der Waals surface area contributed by atoms with E-state index in [4.69, 9.17) is 0 Å². The number of hydrazine groups is 2. The van der Waals surface area contributed by atoms with Crippen molar-refractivity contribution >= 4 is 28.1 Å². The van der Waals surface area contributed by atoms with E-state index >= 15 is 0 Å². The van der Waals surface area contributed by atoms with Crippen LogP contribution in [0.5, 0.6) is 0 Å². The van der Waals surface area contributed by atoms with Crippen molar-refractivity contribution in [2.45, 2.75) is 0 Å². The molecule has 94 valence electrons. The highest BCUT2D eigenvalue weighted by atomic mass is 15.8.